The van der Waals surface area contributed by atoms with Gasteiger partial charge in [0, 0.05) is 12.6 Å². The van der Waals surface area contributed by atoms with E-state index in [0.717, 1.165) is 12.0 Å². The number of alkyl halides is 3. The Balaban J connectivity index is 2.47. The van der Waals surface area contributed by atoms with Crippen molar-refractivity contribution in [3.05, 3.63) is 11.6 Å². The van der Waals surface area contributed by atoms with Gasteiger partial charge in [0.25, 0.3) is 0 Å². The summed E-state index contributed by atoms with van der Waals surface area (Å²) in [6, 6.07) is -2.15. The molecule has 17 heavy (non-hydrogen) atoms. The first-order valence-electron chi connectivity index (χ1n) is 5.61. The molecule has 0 aromatic rings. The molecule has 98 valence electrons. The van der Waals surface area contributed by atoms with E-state index in [9.17, 15) is 13.2 Å². The standard InChI is InChI=1S/C11H18F3N3/c1-7-4-3-5-16-10(7)17-8(2)6-9(15)11(12,13)14/h4,8-9H,3,5-6,15H2,1-2H3,(H,16,17). The fourth-order valence-electron chi connectivity index (χ4n) is 1.65. The van der Waals surface area contributed by atoms with Crippen LogP contribution in [0.25, 0.3) is 0 Å². The fourth-order valence-corrected chi connectivity index (χ4v) is 1.65. The molecule has 3 N–H and O–H groups in total. The molecule has 3 nitrogen and oxygen atoms in total. The van der Waals surface area contributed by atoms with Crippen molar-refractivity contribution in [2.24, 2.45) is 10.7 Å². The quantitative estimate of drug-likeness (QED) is 0.803. The summed E-state index contributed by atoms with van der Waals surface area (Å²) in [4.78, 5) is 4.24. The second-order valence-corrected chi connectivity index (χ2v) is 4.34. The summed E-state index contributed by atoms with van der Waals surface area (Å²) in [5.41, 5.74) is 6.05. The number of halogens is 3. The minimum atomic E-state index is -4.34. The molecule has 0 aromatic carbocycles. The van der Waals surface area contributed by atoms with E-state index < -0.39 is 12.2 Å². The molecule has 2 atom stereocenters. The third-order valence-electron chi connectivity index (χ3n) is 2.63. The summed E-state index contributed by atoms with van der Waals surface area (Å²) in [6.07, 6.45) is -1.59. The molecule has 1 heterocycles. The smallest absolute Gasteiger partial charge is 0.368 e. The Hall–Kier alpha value is -1.04. The van der Waals surface area contributed by atoms with Gasteiger partial charge in [-0.15, -0.1) is 0 Å². The van der Waals surface area contributed by atoms with E-state index in [4.69, 9.17) is 5.73 Å². The van der Waals surface area contributed by atoms with Crippen LogP contribution in [0.4, 0.5) is 13.2 Å². The maximum absolute atomic E-state index is 12.3. The molecule has 0 saturated heterocycles. The first-order chi connectivity index (χ1) is 7.80. The van der Waals surface area contributed by atoms with Crippen LogP contribution in [0.15, 0.2) is 16.6 Å². The zero-order valence-corrected chi connectivity index (χ0v) is 10.0. The second-order valence-electron chi connectivity index (χ2n) is 4.34. The van der Waals surface area contributed by atoms with Crippen molar-refractivity contribution in [1.29, 1.82) is 0 Å². The van der Waals surface area contributed by atoms with Gasteiger partial charge in [-0.3, -0.25) is 4.99 Å². The monoisotopic (exact) mass is 249 g/mol. The zero-order valence-electron chi connectivity index (χ0n) is 10.0. The lowest BCUT2D eigenvalue weighted by Crippen LogP contribution is -2.44. The first-order valence-corrected chi connectivity index (χ1v) is 5.61. The van der Waals surface area contributed by atoms with Crippen LogP contribution in [0.1, 0.15) is 26.7 Å². The Kier molecular flexibility index (Phi) is 4.56. The highest BCUT2D eigenvalue weighted by Gasteiger charge is 2.37. The van der Waals surface area contributed by atoms with Crippen LogP contribution in [0, 0.1) is 0 Å². The minimum absolute atomic E-state index is 0.157. The Labute approximate surface area is 99.0 Å². The lowest BCUT2D eigenvalue weighted by atomic mass is 10.1. The SMILES string of the molecule is CC1=CCCN=C1NC(C)CC(N)C(F)(F)F. The largest absolute Gasteiger partial charge is 0.403 e. The molecule has 0 aliphatic carbocycles. The molecule has 1 aliphatic rings. The second kappa shape index (κ2) is 5.53. The Morgan fingerprint density at radius 2 is 2.18 bits per heavy atom. The lowest BCUT2D eigenvalue weighted by molar-refractivity contribution is -0.149. The number of nitrogens with zero attached hydrogens (tertiary/aromatic N) is 1. The minimum Gasteiger partial charge on any atom is -0.368 e. The fraction of sp³-hybridized carbons (Fsp3) is 0.727. The summed E-state index contributed by atoms with van der Waals surface area (Å²) < 4.78 is 36.8. The van der Waals surface area contributed by atoms with E-state index in [1.165, 1.54) is 0 Å². The van der Waals surface area contributed by atoms with E-state index in [1.54, 1.807) is 6.92 Å². The summed E-state index contributed by atoms with van der Waals surface area (Å²) >= 11 is 0. The average molecular weight is 249 g/mol. The maximum Gasteiger partial charge on any atom is 0.403 e. The number of amidine groups is 1. The van der Waals surface area contributed by atoms with Crippen LogP contribution in [0.3, 0.4) is 0 Å². The van der Waals surface area contributed by atoms with Gasteiger partial charge in [0.05, 0.1) is 0 Å². The molecule has 2 unspecified atom stereocenters. The molecule has 0 radical (unpaired) electrons. The number of aliphatic imine (C=N–C) groups is 1. The highest BCUT2D eigenvalue weighted by molar-refractivity contribution is 5.98. The van der Waals surface area contributed by atoms with Gasteiger partial charge in [-0.25, -0.2) is 0 Å². The van der Waals surface area contributed by atoms with Crippen LogP contribution in [0.2, 0.25) is 0 Å². The van der Waals surface area contributed by atoms with Crippen LogP contribution >= 0.6 is 0 Å². The molecule has 0 amide bonds. The van der Waals surface area contributed by atoms with Gasteiger partial charge in [0.15, 0.2) is 0 Å². The topological polar surface area (TPSA) is 50.4 Å². The van der Waals surface area contributed by atoms with Gasteiger partial charge < -0.3 is 11.1 Å². The normalized spacial score (nSPS) is 20.4. The first kappa shape index (κ1) is 14.0. The van der Waals surface area contributed by atoms with E-state index in [-0.39, 0.29) is 12.5 Å². The number of rotatable bonds is 3. The lowest BCUT2D eigenvalue weighted by Gasteiger charge is -2.23. The number of hydrogen-bond donors (Lipinski definition) is 2. The Bertz CT molecular complexity index is 320. The molecule has 0 aromatic heterocycles. The van der Waals surface area contributed by atoms with Gasteiger partial charge in [0.1, 0.15) is 11.9 Å². The summed E-state index contributed by atoms with van der Waals surface area (Å²) in [5.74, 6) is 0.679. The summed E-state index contributed by atoms with van der Waals surface area (Å²) in [6.45, 7) is 4.25. The molecule has 0 saturated carbocycles. The van der Waals surface area contributed by atoms with Gasteiger partial charge in [-0.2, -0.15) is 13.2 Å². The third-order valence-corrected chi connectivity index (χ3v) is 2.63. The predicted molar refractivity (Wildman–Crippen MR) is 61.9 cm³/mol. The third kappa shape index (κ3) is 4.38. The Morgan fingerprint density at radius 1 is 1.53 bits per heavy atom. The average Bonchev–Trinajstić information content (AvgIpc) is 2.20. The van der Waals surface area contributed by atoms with Gasteiger partial charge in [-0.05, 0) is 32.3 Å². The number of nitrogens with one attached hydrogen (secondary N) is 1. The van der Waals surface area contributed by atoms with Crippen molar-refractivity contribution in [2.45, 2.75) is 44.9 Å². The predicted octanol–water partition coefficient (Wildman–Crippen LogP) is 1.99. The van der Waals surface area contributed by atoms with Crippen molar-refractivity contribution in [1.82, 2.24) is 5.32 Å². The van der Waals surface area contributed by atoms with E-state index in [1.807, 2.05) is 13.0 Å². The van der Waals surface area contributed by atoms with Crippen LogP contribution in [-0.4, -0.2) is 30.6 Å². The molecule has 0 fully saturated rings. The number of nitrogens with two attached hydrogens (primary N) is 1. The zero-order chi connectivity index (χ0) is 13.1. The molecule has 1 aliphatic heterocycles. The van der Waals surface area contributed by atoms with Crippen molar-refractivity contribution < 1.29 is 13.2 Å². The van der Waals surface area contributed by atoms with E-state index in [2.05, 4.69) is 10.3 Å². The molecule has 1 rings (SSSR count). The summed E-state index contributed by atoms with van der Waals surface area (Å²) in [7, 11) is 0. The van der Waals surface area contributed by atoms with Crippen LogP contribution in [-0.2, 0) is 0 Å². The van der Waals surface area contributed by atoms with Crippen LogP contribution < -0.4 is 11.1 Å². The molecule has 0 spiro atoms. The molecule has 0 bridgehead atoms. The van der Waals surface area contributed by atoms with Crippen molar-refractivity contribution in [3.8, 4) is 0 Å². The molecule has 6 heteroatoms. The van der Waals surface area contributed by atoms with Crippen LogP contribution in [0.5, 0.6) is 0 Å². The van der Waals surface area contributed by atoms with Gasteiger partial charge >= 0.3 is 6.18 Å². The van der Waals surface area contributed by atoms with Crippen molar-refractivity contribution in [2.75, 3.05) is 6.54 Å². The van der Waals surface area contributed by atoms with E-state index >= 15 is 0 Å². The number of hydrogen-bond acceptors (Lipinski definition) is 3. The highest BCUT2D eigenvalue weighted by Crippen LogP contribution is 2.21. The molecular formula is C11H18F3N3. The molecular weight excluding hydrogens is 231 g/mol. The summed E-state index contributed by atoms with van der Waals surface area (Å²) in [5, 5.41) is 2.97. The highest BCUT2D eigenvalue weighted by atomic mass is 19.4. The Morgan fingerprint density at radius 3 is 2.71 bits per heavy atom. The van der Waals surface area contributed by atoms with Gasteiger partial charge in [-0.1, -0.05) is 6.08 Å². The van der Waals surface area contributed by atoms with Crippen molar-refractivity contribution in [3.63, 3.8) is 0 Å². The van der Waals surface area contributed by atoms with E-state index in [0.29, 0.717) is 12.4 Å². The maximum atomic E-state index is 12.3. The van der Waals surface area contributed by atoms with Gasteiger partial charge in [0.2, 0.25) is 0 Å². The number of dihydropyridines is 1. The van der Waals surface area contributed by atoms with Crippen molar-refractivity contribution >= 4 is 5.84 Å².